The molecule has 26 heavy (non-hydrogen) atoms. The third kappa shape index (κ3) is 3.18. The SMILES string of the molecule is Cc1cccc(N2CCN(S(=O)(=O)c3ccc4ccccc4c3)CC2)n1. The van der Waals surface area contributed by atoms with Gasteiger partial charge in [0.1, 0.15) is 5.82 Å². The van der Waals surface area contributed by atoms with E-state index in [0.29, 0.717) is 31.1 Å². The number of hydrogen-bond donors (Lipinski definition) is 0. The van der Waals surface area contributed by atoms with Gasteiger partial charge in [-0.15, -0.1) is 0 Å². The Morgan fingerprint density at radius 3 is 2.31 bits per heavy atom. The third-order valence-electron chi connectivity index (χ3n) is 4.79. The first kappa shape index (κ1) is 17.0. The molecule has 1 saturated heterocycles. The summed E-state index contributed by atoms with van der Waals surface area (Å²) in [4.78, 5) is 7.03. The quantitative estimate of drug-likeness (QED) is 0.714. The summed E-state index contributed by atoms with van der Waals surface area (Å²) in [6.07, 6.45) is 0. The Bertz CT molecular complexity index is 1040. The van der Waals surface area contributed by atoms with E-state index in [2.05, 4.69) is 9.88 Å². The Balaban J connectivity index is 1.54. The summed E-state index contributed by atoms with van der Waals surface area (Å²) in [7, 11) is -3.48. The Morgan fingerprint density at radius 1 is 0.846 bits per heavy atom. The molecule has 0 saturated carbocycles. The molecule has 1 fully saturated rings. The number of nitrogens with zero attached hydrogens (tertiary/aromatic N) is 3. The van der Waals surface area contributed by atoms with Crippen molar-refractivity contribution in [2.75, 3.05) is 31.1 Å². The number of fused-ring (bicyclic) bond motifs is 1. The Hall–Kier alpha value is -2.44. The summed E-state index contributed by atoms with van der Waals surface area (Å²) >= 11 is 0. The molecule has 0 bridgehead atoms. The van der Waals surface area contributed by atoms with Gasteiger partial charge in [0, 0.05) is 31.9 Å². The number of aromatic nitrogens is 1. The van der Waals surface area contributed by atoms with E-state index < -0.39 is 10.0 Å². The maximum Gasteiger partial charge on any atom is 0.243 e. The lowest BCUT2D eigenvalue weighted by Gasteiger charge is -2.34. The fourth-order valence-electron chi connectivity index (χ4n) is 3.34. The highest BCUT2D eigenvalue weighted by Gasteiger charge is 2.29. The maximum atomic E-state index is 13.0. The van der Waals surface area contributed by atoms with Gasteiger partial charge in [-0.3, -0.25) is 0 Å². The number of benzene rings is 2. The first-order chi connectivity index (χ1) is 12.5. The highest BCUT2D eigenvalue weighted by atomic mass is 32.2. The van der Waals surface area contributed by atoms with Crippen molar-refractivity contribution in [3.63, 3.8) is 0 Å². The fourth-order valence-corrected chi connectivity index (χ4v) is 4.80. The molecule has 0 spiro atoms. The largest absolute Gasteiger partial charge is 0.354 e. The number of anilines is 1. The summed E-state index contributed by atoms with van der Waals surface area (Å²) in [6, 6.07) is 19.1. The van der Waals surface area contributed by atoms with Crippen LogP contribution in [0.4, 0.5) is 5.82 Å². The molecule has 4 rings (SSSR count). The topological polar surface area (TPSA) is 53.5 Å². The van der Waals surface area contributed by atoms with Gasteiger partial charge in [0.2, 0.25) is 10.0 Å². The van der Waals surface area contributed by atoms with E-state index in [1.807, 2.05) is 55.5 Å². The van der Waals surface area contributed by atoms with E-state index in [4.69, 9.17) is 0 Å². The van der Waals surface area contributed by atoms with E-state index in [-0.39, 0.29) is 0 Å². The molecule has 2 heterocycles. The molecular formula is C20H21N3O2S. The Labute approximate surface area is 153 Å². The van der Waals surface area contributed by atoms with Crippen LogP contribution < -0.4 is 4.90 Å². The van der Waals surface area contributed by atoms with E-state index in [0.717, 1.165) is 22.3 Å². The van der Waals surface area contributed by atoms with Gasteiger partial charge in [-0.1, -0.05) is 36.4 Å². The molecule has 0 unspecified atom stereocenters. The van der Waals surface area contributed by atoms with Crippen molar-refractivity contribution in [3.05, 3.63) is 66.4 Å². The minimum atomic E-state index is -3.48. The highest BCUT2D eigenvalue weighted by Crippen LogP contribution is 2.23. The van der Waals surface area contributed by atoms with Gasteiger partial charge < -0.3 is 4.90 Å². The molecule has 0 aliphatic carbocycles. The van der Waals surface area contributed by atoms with E-state index in [1.54, 1.807) is 16.4 Å². The molecular weight excluding hydrogens is 346 g/mol. The van der Waals surface area contributed by atoms with Crippen molar-refractivity contribution >= 4 is 26.6 Å². The Morgan fingerprint density at radius 2 is 1.58 bits per heavy atom. The molecule has 134 valence electrons. The van der Waals surface area contributed by atoms with Crippen molar-refractivity contribution in [1.82, 2.24) is 9.29 Å². The first-order valence-corrected chi connectivity index (χ1v) is 10.2. The number of rotatable bonds is 3. The van der Waals surface area contributed by atoms with Gasteiger partial charge in [-0.25, -0.2) is 13.4 Å². The molecule has 2 aromatic carbocycles. The third-order valence-corrected chi connectivity index (χ3v) is 6.69. The second-order valence-corrected chi connectivity index (χ2v) is 8.48. The van der Waals surface area contributed by atoms with Gasteiger partial charge in [0.05, 0.1) is 4.90 Å². The molecule has 3 aromatic rings. The molecule has 1 aliphatic heterocycles. The van der Waals surface area contributed by atoms with E-state index in [9.17, 15) is 8.42 Å². The monoisotopic (exact) mass is 367 g/mol. The van der Waals surface area contributed by atoms with Crippen LogP contribution >= 0.6 is 0 Å². The average molecular weight is 367 g/mol. The summed E-state index contributed by atoms with van der Waals surface area (Å²) in [6.45, 7) is 4.17. The Kier molecular flexibility index (Phi) is 4.38. The minimum absolute atomic E-state index is 0.360. The maximum absolute atomic E-state index is 13.0. The lowest BCUT2D eigenvalue weighted by Crippen LogP contribution is -2.48. The van der Waals surface area contributed by atoms with Crippen LogP contribution in [0.1, 0.15) is 5.69 Å². The number of pyridine rings is 1. The zero-order chi connectivity index (χ0) is 18.1. The van der Waals surface area contributed by atoms with Crippen LogP contribution in [-0.2, 0) is 10.0 Å². The van der Waals surface area contributed by atoms with Crippen LogP contribution in [0.25, 0.3) is 10.8 Å². The van der Waals surface area contributed by atoms with Crippen LogP contribution in [0, 0.1) is 6.92 Å². The molecule has 0 atom stereocenters. The van der Waals surface area contributed by atoms with Gasteiger partial charge in [0.15, 0.2) is 0 Å². The molecule has 5 nitrogen and oxygen atoms in total. The second kappa shape index (κ2) is 6.70. The van der Waals surface area contributed by atoms with Gasteiger partial charge in [-0.05, 0) is 42.0 Å². The number of sulfonamides is 1. The summed E-state index contributed by atoms with van der Waals surface area (Å²) in [5, 5.41) is 1.98. The number of hydrogen-bond acceptors (Lipinski definition) is 4. The normalized spacial score (nSPS) is 16.1. The molecule has 6 heteroatoms. The zero-order valence-electron chi connectivity index (χ0n) is 14.7. The minimum Gasteiger partial charge on any atom is -0.354 e. The van der Waals surface area contributed by atoms with Crippen LogP contribution in [0.3, 0.4) is 0 Å². The summed E-state index contributed by atoms with van der Waals surface area (Å²) in [5.74, 6) is 0.910. The van der Waals surface area contributed by atoms with Crippen LogP contribution in [-0.4, -0.2) is 43.9 Å². The van der Waals surface area contributed by atoms with Crippen LogP contribution in [0.15, 0.2) is 65.6 Å². The molecule has 1 aliphatic rings. The number of piperazine rings is 1. The predicted octanol–water partition coefficient (Wildman–Crippen LogP) is 3.05. The van der Waals surface area contributed by atoms with Gasteiger partial charge in [-0.2, -0.15) is 4.31 Å². The van der Waals surface area contributed by atoms with Crippen molar-refractivity contribution in [2.45, 2.75) is 11.8 Å². The van der Waals surface area contributed by atoms with Crippen molar-refractivity contribution in [1.29, 1.82) is 0 Å². The summed E-state index contributed by atoms with van der Waals surface area (Å²) in [5.41, 5.74) is 0.966. The van der Waals surface area contributed by atoms with Crippen LogP contribution in [0.5, 0.6) is 0 Å². The zero-order valence-corrected chi connectivity index (χ0v) is 15.5. The number of aryl methyl sites for hydroxylation is 1. The highest BCUT2D eigenvalue weighted by molar-refractivity contribution is 7.89. The van der Waals surface area contributed by atoms with Gasteiger partial charge in [0.25, 0.3) is 0 Å². The smallest absolute Gasteiger partial charge is 0.243 e. The van der Waals surface area contributed by atoms with Crippen LogP contribution in [0.2, 0.25) is 0 Å². The average Bonchev–Trinajstić information content (AvgIpc) is 2.67. The molecule has 0 amide bonds. The standard InChI is InChI=1S/C20H21N3O2S/c1-16-5-4-8-20(21-16)22-11-13-23(14-12-22)26(24,25)19-10-9-17-6-2-3-7-18(17)15-19/h2-10,15H,11-14H2,1H3. The van der Waals surface area contributed by atoms with Crippen molar-refractivity contribution < 1.29 is 8.42 Å². The van der Waals surface area contributed by atoms with Crippen molar-refractivity contribution in [2.24, 2.45) is 0 Å². The van der Waals surface area contributed by atoms with E-state index in [1.165, 1.54) is 0 Å². The molecule has 0 radical (unpaired) electrons. The molecule has 0 N–H and O–H groups in total. The van der Waals surface area contributed by atoms with Crippen molar-refractivity contribution in [3.8, 4) is 0 Å². The van der Waals surface area contributed by atoms with Gasteiger partial charge >= 0.3 is 0 Å². The lowest BCUT2D eigenvalue weighted by atomic mass is 10.1. The lowest BCUT2D eigenvalue weighted by molar-refractivity contribution is 0.384. The van der Waals surface area contributed by atoms with E-state index >= 15 is 0 Å². The predicted molar refractivity (Wildman–Crippen MR) is 104 cm³/mol. The summed E-state index contributed by atoms with van der Waals surface area (Å²) < 4.78 is 27.6. The molecule has 1 aromatic heterocycles. The second-order valence-electron chi connectivity index (χ2n) is 6.54. The fraction of sp³-hybridized carbons (Fsp3) is 0.250. The first-order valence-electron chi connectivity index (χ1n) is 8.72.